The molecule has 0 spiro atoms. The topological polar surface area (TPSA) is 144 Å². The largest absolute Gasteiger partial charge is 0.389 e. The smallest absolute Gasteiger partial charge is 0.380 e. The van der Waals surface area contributed by atoms with Crippen LogP contribution in [0.15, 0.2) is 29.2 Å². The lowest BCUT2D eigenvalue weighted by atomic mass is 9.81. The van der Waals surface area contributed by atoms with Crippen molar-refractivity contribution in [1.29, 1.82) is 0 Å². The number of alkyl halides is 5. The van der Waals surface area contributed by atoms with Crippen molar-refractivity contribution in [2.75, 3.05) is 13.2 Å². The second kappa shape index (κ2) is 11.3. The number of rotatable bonds is 9. The average Bonchev–Trinajstić information content (AvgIpc) is 3.51. The number of ether oxygens (including phenoxy) is 1. The lowest BCUT2D eigenvalue weighted by Crippen LogP contribution is -2.38. The third kappa shape index (κ3) is 6.81. The highest BCUT2D eigenvalue weighted by Gasteiger charge is 2.40. The molecule has 16 heteroatoms. The van der Waals surface area contributed by atoms with Crippen LogP contribution in [0.1, 0.15) is 84.0 Å². The quantitative estimate of drug-likeness (QED) is 0.255. The van der Waals surface area contributed by atoms with E-state index < -0.39 is 49.0 Å². The summed E-state index contributed by atoms with van der Waals surface area (Å²) in [5.41, 5.74) is 1.23. The Morgan fingerprint density at radius 2 is 1.93 bits per heavy atom. The molecule has 0 unspecified atom stereocenters. The monoisotopic (exact) mass is 586 g/mol. The van der Waals surface area contributed by atoms with Crippen LogP contribution in [0.3, 0.4) is 0 Å². The van der Waals surface area contributed by atoms with Crippen LogP contribution in [-0.4, -0.2) is 62.0 Å². The van der Waals surface area contributed by atoms with Crippen LogP contribution in [-0.2, 0) is 9.53 Å². The van der Waals surface area contributed by atoms with E-state index in [0.717, 1.165) is 0 Å². The Morgan fingerprint density at radius 3 is 2.59 bits per heavy atom. The fraction of sp³-hybridized carbons (Fsp3) is 0.560. The van der Waals surface area contributed by atoms with Crippen molar-refractivity contribution in [1.82, 2.24) is 30.4 Å². The standard InChI is InChI=1S/C25H27F5N6O5/c26-24(27)4-1-13(2-5-24)21(34-23(39)16-12-41-35-20(16)15-10-40-11-15)17-9-36-18(32-17)7-14(8-31-36)22(38)33-19(37)3-6-25(28,29)30/h7-9,12-13,15,21-22,38H,1-6,10-11H2,(H,33,37)(H,34,39)/t21-,22+/m0/s1. The summed E-state index contributed by atoms with van der Waals surface area (Å²) in [6.45, 7) is 0.784. The van der Waals surface area contributed by atoms with Crippen LogP contribution in [0, 0.1) is 5.92 Å². The van der Waals surface area contributed by atoms with Gasteiger partial charge in [0, 0.05) is 24.8 Å². The third-order valence-corrected chi connectivity index (χ3v) is 7.31. The van der Waals surface area contributed by atoms with Gasteiger partial charge in [-0.05, 0) is 24.8 Å². The maximum atomic E-state index is 13.9. The number of nitrogens with one attached hydrogen (secondary N) is 2. The van der Waals surface area contributed by atoms with Crippen molar-refractivity contribution in [3.05, 3.63) is 47.2 Å². The number of amides is 2. The molecule has 1 saturated carbocycles. The van der Waals surface area contributed by atoms with Crippen LogP contribution in [0.4, 0.5) is 22.0 Å². The number of fused-ring (bicyclic) bond motifs is 1. The van der Waals surface area contributed by atoms with Crippen molar-refractivity contribution < 1.29 is 45.9 Å². The number of aliphatic hydroxyl groups is 1. The van der Waals surface area contributed by atoms with Crippen LogP contribution in [0.25, 0.3) is 5.65 Å². The van der Waals surface area contributed by atoms with E-state index >= 15 is 0 Å². The predicted octanol–water partition coefficient (Wildman–Crippen LogP) is 3.58. The summed E-state index contributed by atoms with van der Waals surface area (Å²) in [7, 11) is 0. The molecule has 2 aliphatic rings. The molecule has 2 fully saturated rings. The van der Waals surface area contributed by atoms with E-state index in [1.807, 2.05) is 0 Å². The van der Waals surface area contributed by atoms with Gasteiger partial charge in [-0.1, -0.05) is 5.16 Å². The first kappa shape index (κ1) is 28.9. The predicted molar refractivity (Wildman–Crippen MR) is 129 cm³/mol. The molecule has 2 amide bonds. The number of halogens is 5. The summed E-state index contributed by atoms with van der Waals surface area (Å²) in [6, 6.07) is 0.587. The van der Waals surface area contributed by atoms with Crippen molar-refractivity contribution in [3.8, 4) is 0 Å². The highest BCUT2D eigenvalue weighted by Crippen LogP contribution is 2.41. The first-order valence-electron chi connectivity index (χ1n) is 13.0. The summed E-state index contributed by atoms with van der Waals surface area (Å²) in [6.07, 6.45) is -4.87. The Kier molecular flexibility index (Phi) is 7.96. The summed E-state index contributed by atoms with van der Waals surface area (Å²) in [5, 5.41) is 23.4. The van der Waals surface area contributed by atoms with Gasteiger partial charge in [0.05, 0.1) is 49.7 Å². The minimum absolute atomic E-state index is 0.0599. The molecule has 3 aromatic rings. The fourth-order valence-electron chi connectivity index (χ4n) is 4.92. The number of nitrogens with zero attached hydrogens (tertiary/aromatic N) is 4. The minimum Gasteiger partial charge on any atom is -0.380 e. The van der Waals surface area contributed by atoms with E-state index in [4.69, 9.17) is 9.26 Å². The summed E-state index contributed by atoms with van der Waals surface area (Å²) in [4.78, 5) is 29.6. The summed E-state index contributed by atoms with van der Waals surface area (Å²) < 4.78 is 76.6. The molecule has 41 heavy (non-hydrogen) atoms. The highest BCUT2D eigenvalue weighted by molar-refractivity contribution is 5.95. The fourth-order valence-corrected chi connectivity index (χ4v) is 4.92. The normalized spacial score (nSPS) is 19.5. The van der Waals surface area contributed by atoms with Crippen LogP contribution < -0.4 is 10.6 Å². The molecule has 3 aromatic heterocycles. The number of carbonyl (C=O) groups is 2. The van der Waals surface area contributed by atoms with Gasteiger partial charge in [0.15, 0.2) is 11.9 Å². The van der Waals surface area contributed by atoms with Gasteiger partial charge < -0.3 is 25.0 Å². The van der Waals surface area contributed by atoms with E-state index in [0.29, 0.717) is 24.6 Å². The van der Waals surface area contributed by atoms with Crippen molar-refractivity contribution in [3.63, 3.8) is 0 Å². The van der Waals surface area contributed by atoms with E-state index in [-0.39, 0.29) is 54.3 Å². The first-order valence-corrected chi connectivity index (χ1v) is 13.0. The van der Waals surface area contributed by atoms with Gasteiger partial charge in [-0.3, -0.25) is 9.59 Å². The molecule has 0 bridgehead atoms. The second-order valence-electron chi connectivity index (χ2n) is 10.3. The number of imidazole rings is 1. The van der Waals surface area contributed by atoms with Gasteiger partial charge in [0.25, 0.3) is 5.91 Å². The molecule has 1 aliphatic carbocycles. The third-order valence-electron chi connectivity index (χ3n) is 7.31. The zero-order valence-corrected chi connectivity index (χ0v) is 21.5. The van der Waals surface area contributed by atoms with Crippen LogP contribution in [0.2, 0.25) is 0 Å². The molecular weight excluding hydrogens is 559 g/mol. The van der Waals surface area contributed by atoms with Gasteiger partial charge in [0.2, 0.25) is 11.8 Å². The number of hydrogen-bond acceptors (Lipinski definition) is 8. The Bertz CT molecular complexity index is 1390. The zero-order valence-electron chi connectivity index (χ0n) is 21.5. The van der Waals surface area contributed by atoms with Gasteiger partial charge in [0.1, 0.15) is 17.5 Å². The molecule has 11 nitrogen and oxygen atoms in total. The van der Waals surface area contributed by atoms with Crippen molar-refractivity contribution >= 4 is 17.5 Å². The Labute approximate surface area is 229 Å². The van der Waals surface area contributed by atoms with E-state index in [2.05, 4.69) is 25.9 Å². The van der Waals surface area contributed by atoms with E-state index in [1.165, 1.54) is 29.2 Å². The number of hydrogen-bond donors (Lipinski definition) is 3. The summed E-state index contributed by atoms with van der Waals surface area (Å²) in [5.74, 6) is -4.79. The molecule has 222 valence electrons. The lowest BCUT2D eigenvalue weighted by molar-refractivity contribution is -0.145. The van der Waals surface area contributed by atoms with E-state index in [1.54, 1.807) is 0 Å². The van der Waals surface area contributed by atoms with Crippen LogP contribution in [0.5, 0.6) is 0 Å². The van der Waals surface area contributed by atoms with Crippen LogP contribution >= 0.6 is 0 Å². The summed E-state index contributed by atoms with van der Waals surface area (Å²) >= 11 is 0. The Morgan fingerprint density at radius 1 is 1.20 bits per heavy atom. The Hall–Kier alpha value is -3.66. The SMILES string of the molecule is O=C(CCC(F)(F)F)N[C@H](O)c1cnn2cc([C@@H](NC(=O)c3conc3C3COC3)C3CCC(F)(F)CC3)nc2c1. The highest BCUT2D eigenvalue weighted by atomic mass is 19.4. The lowest BCUT2D eigenvalue weighted by Gasteiger charge is -2.33. The van der Waals surface area contributed by atoms with E-state index in [9.17, 15) is 36.6 Å². The molecule has 1 aliphatic heterocycles. The van der Waals surface area contributed by atoms with Crippen molar-refractivity contribution in [2.24, 2.45) is 5.92 Å². The zero-order chi connectivity index (χ0) is 29.4. The Balaban J connectivity index is 1.36. The average molecular weight is 587 g/mol. The maximum Gasteiger partial charge on any atom is 0.389 e. The molecular formula is C25H27F5N6O5. The molecule has 3 N–H and O–H groups in total. The van der Waals surface area contributed by atoms with Crippen molar-refractivity contribution in [2.45, 2.75) is 68.8 Å². The molecule has 4 heterocycles. The van der Waals surface area contributed by atoms with Gasteiger partial charge >= 0.3 is 6.18 Å². The molecule has 0 aromatic carbocycles. The van der Waals surface area contributed by atoms with Gasteiger partial charge in [-0.2, -0.15) is 18.3 Å². The number of aromatic nitrogens is 4. The molecule has 2 atom stereocenters. The maximum absolute atomic E-state index is 13.9. The molecule has 0 radical (unpaired) electrons. The number of carbonyl (C=O) groups excluding carboxylic acids is 2. The molecule has 5 rings (SSSR count). The van der Waals surface area contributed by atoms with Gasteiger partial charge in [-0.25, -0.2) is 18.3 Å². The first-order chi connectivity index (χ1) is 19.4. The molecule has 1 saturated heterocycles. The number of aliphatic hydroxyl groups excluding tert-OH is 1. The second-order valence-corrected chi connectivity index (χ2v) is 10.3. The van der Waals surface area contributed by atoms with Gasteiger partial charge in [-0.15, -0.1) is 0 Å². The minimum atomic E-state index is -4.52.